The lowest BCUT2D eigenvalue weighted by Gasteiger charge is -2.46. The van der Waals surface area contributed by atoms with Crippen LogP contribution in [0.2, 0.25) is 0 Å². The highest BCUT2D eigenvalue weighted by molar-refractivity contribution is 5.37. The topological polar surface area (TPSA) is 72.3 Å². The Morgan fingerprint density at radius 1 is 1.36 bits per heavy atom. The van der Waals surface area contributed by atoms with Crippen molar-refractivity contribution < 1.29 is 5.11 Å². The molecule has 0 aromatic heterocycles. The van der Waals surface area contributed by atoms with Crippen molar-refractivity contribution in [2.24, 2.45) is 16.9 Å². The number of rotatable bonds is 2. The van der Waals surface area contributed by atoms with Gasteiger partial charge < -0.3 is 16.6 Å². The van der Waals surface area contributed by atoms with Gasteiger partial charge in [0.15, 0.2) is 0 Å². The van der Waals surface area contributed by atoms with Crippen LogP contribution in [0.5, 0.6) is 0 Å². The first-order valence-electron chi connectivity index (χ1n) is 5.00. The third-order valence-electron chi connectivity index (χ3n) is 3.74. The smallest absolute Gasteiger partial charge is 0.110 e. The third-order valence-corrected chi connectivity index (χ3v) is 3.74. The second kappa shape index (κ2) is 3.41. The van der Waals surface area contributed by atoms with Gasteiger partial charge in [-0.3, -0.25) is 0 Å². The Hall–Kier alpha value is -0.800. The molecule has 14 heavy (non-hydrogen) atoms. The van der Waals surface area contributed by atoms with Crippen LogP contribution in [0.3, 0.4) is 0 Å². The van der Waals surface area contributed by atoms with E-state index in [-0.39, 0.29) is 5.41 Å². The predicted octanol–water partition coefficient (Wildman–Crippen LogP) is 0.895. The van der Waals surface area contributed by atoms with Gasteiger partial charge in [0.05, 0.1) is 0 Å². The second-order valence-corrected chi connectivity index (χ2v) is 4.28. The molecule has 3 nitrogen and oxygen atoms in total. The number of nitrogens with two attached hydrogens (primary N) is 2. The van der Waals surface area contributed by atoms with Gasteiger partial charge in [-0.05, 0) is 25.0 Å². The molecule has 0 saturated carbocycles. The van der Waals surface area contributed by atoms with Gasteiger partial charge in [0.2, 0.25) is 0 Å². The molecule has 0 spiro atoms. The Morgan fingerprint density at radius 3 is 2.36 bits per heavy atom. The third kappa shape index (κ3) is 1.28. The lowest BCUT2D eigenvalue weighted by molar-refractivity contribution is -0.0136. The molecule has 0 saturated heterocycles. The van der Waals surface area contributed by atoms with Gasteiger partial charge in [0.1, 0.15) is 5.60 Å². The summed E-state index contributed by atoms with van der Waals surface area (Å²) in [5, 5.41) is 10.4. The van der Waals surface area contributed by atoms with Crippen LogP contribution in [0.15, 0.2) is 23.4 Å². The van der Waals surface area contributed by atoms with E-state index in [1.165, 1.54) is 0 Å². The van der Waals surface area contributed by atoms with Gasteiger partial charge in [-0.25, -0.2) is 0 Å². The summed E-state index contributed by atoms with van der Waals surface area (Å²) in [4.78, 5) is 0. The Labute approximate surface area is 85.5 Å². The summed E-state index contributed by atoms with van der Waals surface area (Å²) in [5.41, 5.74) is 11.7. The summed E-state index contributed by atoms with van der Waals surface area (Å²) in [6, 6.07) is 0. The highest BCUT2D eigenvalue weighted by atomic mass is 16.3. The minimum Gasteiger partial charge on any atom is -0.400 e. The zero-order chi connectivity index (χ0) is 11.0. The van der Waals surface area contributed by atoms with Crippen LogP contribution in [0, 0.1) is 5.41 Å². The lowest BCUT2D eigenvalue weighted by atomic mass is 9.63. The van der Waals surface area contributed by atoms with E-state index >= 15 is 0 Å². The van der Waals surface area contributed by atoms with E-state index in [9.17, 15) is 5.11 Å². The summed E-state index contributed by atoms with van der Waals surface area (Å²) < 4.78 is 0. The first-order valence-corrected chi connectivity index (χ1v) is 5.00. The minimum absolute atomic E-state index is 0.347. The summed E-state index contributed by atoms with van der Waals surface area (Å²) in [7, 11) is 0. The van der Waals surface area contributed by atoms with Crippen molar-refractivity contribution in [2.45, 2.75) is 32.8 Å². The van der Waals surface area contributed by atoms with Gasteiger partial charge in [0.25, 0.3) is 0 Å². The van der Waals surface area contributed by atoms with Crippen LogP contribution in [0.1, 0.15) is 27.2 Å². The van der Waals surface area contributed by atoms with Crippen LogP contribution in [-0.4, -0.2) is 17.3 Å². The van der Waals surface area contributed by atoms with Gasteiger partial charge in [0, 0.05) is 17.7 Å². The number of hydrogen-bond acceptors (Lipinski definition) is 3. The summed E-state index contributed by atoms with van der Waals surface area (Å²) >= 11 is 0. The first kappa shape index (κ1) is 11.3. The lowest BCUT2D eigenvalue weighted by Crippen LogP contribution is -2.51. The predicted molar refractivity (Wildman–Crippen MR) is 58.4 cm³/mol. The molecule has 0 radical (unpaired) electrons. The maximum atomic E-state index is 10.4. The first-order chi connectivity index (χ1) is 6.40. The molecule has 0 aromatic carbocycles. The minimum atomic E-state index is -0.995. The molecule has 0 aromatic rings. The molecule has 1 aliphatic carbocycles. The SMILES string of the molecule is CCC1(C)C(CN)=CC=C(N)C1(C)O. The zero-order valence-corrected chi connectivity index (χ0v) is 9.17. The van der Waals surface area contributed by atoms with Crippen LogP contribution in [-0.2, 0) is 0 Å². The normalized spacial score (nSPS) is 37.8. The molecular formula is C11H20N2O. The molecule has 0 bridgehead atoms. The van der Waals surface area contributed by atoms with Crippen LogP contribution < -0.4 is 11.5 Å². The van der Waals surface area contributed by atoms with Crippen LogP contribution in [0.25, 0.3) is 0 Å². The van der Waals surface area contributed by atoms with E-state index in [1.807, 2.05) is 19.9 Å². The molecular weight excluding hydrogens is 176 g/mol. The molecule has 1 rings (SSSR count). The maximum absolute atomic E-state index is 10.4. The van der Waals surface area contributed by atoms with Crippen LogP contribution in [0.4, 0.5) is 0 Å². The number of allylic oxidation sites excluding steroid dienone is 2. The van der Waals surface area contributed by atoms with Crippen molar-refractivity contribution in [1.82, 2.24) is 0 Å². The molecule has 0 amide bonds. The van der Waals surface area contributed by atoms with Crippen molar-refractivity contribution in [2.75, 3.05) is 6.54 Å². The maximum Gasteiger partial charge on any atom is 0.110 e. The van der Waals surface area contributed by atoms with Crippen molar-refractivity contribution in [3.8, 4) is 0 Å². The van der Waals surface area contributed by atoms with Gasteiger partial charge in [-0.2, -0.15) is 0 Å². The summed E-state index contributed by atoms with van der Waals surface area (Å²) in [6.45, 7) is 6.26. The van der Waals surface area contributed by atoms with Crippen LogP contribution >= 0.6 is 0 Å². The van der Waals surface area contributed by atoms with Gasteiger partial charge >= 0.3 is 0 Å². The quantitative estimate of drug-likeness (QED) is 0.614. The largest absolute Gasteiger partial charge is 0.400 e. The van der Waals surface area contributed by atoms with E-state index < -0.39 is 5.60 Å². The molecule has 80 valence electrons. The second-order valence-electron chi connectivity index (χ2n) is 4.28. The Bertz CT molecular complexity index is 292. The van der Waals surface area contributed by atoms with E-state index in [0.717, 1.165) is 12.0 Å². The fraction of sp³-hybridized carbons (Fsp3) is 0.636. The molecule has 1 aliphatic rings. The van der Waals surface area contributed by atoms with E-state index in [4.69, 9.17) is 11.5 Å². The molecule has 2 unspecified atom stereocenters. The standard InChI is InChI=1S/C11H20N2O/c1-4-10(2)8(7-12)5-6-9(13)11(10,3)14/h5-6,14H,4,7,12-13H2,1-3H3. The van der Waals surface area contributed by atoms with Gasteiger partial charge in [-0.15, -0.1) is 0 Å². The highest BCUT2D eigenvalue weighted by Crippen LogP contribution is 2.46. The zero-order valence-electron chi connectivity index (χ0n) is 9.17. The van der Waals surface area contributed by atoms with Crippen molar-refractivity contribution in [1.29, 1.82) is 0 Å². The number of aliphatic hydroxyl groups is 1. The molecule has 0 heterocycles. The highest BCUT2D eigenvalue weighted by Gasteiger charge is 2.47. The molecule has 5 N–H and O–H groups in total. The van der Waals surface area contributed by atoms with E-state index in [1.54, 1.807) is 13.0 Å². The average Bonchev–Trinajstić information content (AvgIpc) is 2.15. The Kier molecular flexibility index (Phi) is 2.74. The van der Waals surface area contributed by atoms with Crippen molar-refractivity contribution >= 4 is 0 Å². The number of hydrogen-bond donors (Lipinski definition) is 3. The van der Waals surface area contributed by atoms with Crippen molar-refractivity contribution in [3.63, 3.8) is 0 Å². The van der Waals surface area contributed by atoms with E-state index in [0.29, 0.717) is 12.2 Å². The fourth-order valence-corrected chi connectivity index (χ4v) is 2.03. The van der Waals surface area contributed by atoms with Crippen molar-refractivity contribution in [3.05, 3.63) is 23.4 Å². The Balaban J connectivity index is 3.24. The van der Waals surface area contributed by atoms with E-state index in [2.05, 4.69) is 0 Å². The van der Waals surface area contributed by atoms with Gasteiger partial charge in [-0.1, -0.05) is 19.9 Å². The fourth-order valence-electron chi connectivity index (χ4n) is 2.03. The average molecular weight is 196 g/mol. The molecule has 3 heteroatoms. The monoisotopic (exact) mass is 196 g/mol. The Morgan fingerprint density at radius 2 is 1.93 bits per heavy atom. The summed E-state index contributed by atoms with van der Waals surface area (Å²) in [6.07, 6.45) is 4.49. The summed E-state index contributed by atoms with van der Waals surface area (Å²) in [5.74, 6) is 0. The molecule has 0 aliphatic heterocycles. The molecule has 2 atom stereocenters. The molecule has 0 fully saturated rings.